The summed E-state index contributed by atoms with van der Waals surface area (Å²) in [6.45, 7) is 6.39. The molecule has 1 aliphatic rings. The van der Waals surface area contributed by atoms with Crippen LogP contribution in [0.3, 0.4) is 0 Å². The van der Waals surface area contributed by atoms with E-state index in [1.165, 1.54) is 25.7 Å². The number of rotatable bonds is 6. The predicted octanol–water partition coefficient (Wildman–Crippen LogP) is 2.83. The summed E-state index contributed by atoms with van der Waals surface area (Å²) < 4.78 is 3.01. The smallest absolute Gasteiger partial charge is 0.226 e. The van der Waals surface area contributed by atoms with E-state index in [-0.39, 0.29) is 0 Å². The molecule has 1 fully saturated rings. The lowest BCUT2D eigenvalue weighted by Crippen LogP contribution is -2.41. The zero-order chi connectivity index (χ0) is 14.7. The maximum atomic E-state index is 5.46. The van der Waals surface area contributed by atoms with Crippen molar-refractivity contribution in [3.63, 3.8) is 0 Å². The molecular formula is C14H27N5S. The van der Waals surface area contributed by atoms with Gasteiger partial charge in [0.25, 0.3) is 0 Å². The van der Waals surface area contributed by atoms with Gasteiger partial charge in [-0.1, -0.05) is 12.8 Å². The molecule has 1 N–H and O–H groups in total. The van der Waals surface area contributed by atoms with Crippen molar-refractivity contribution in [3.05, 3.63) is 4.77 Å². The van der Waals surface area contributed by atoms with E-state index in [1.54, 1.807) is 0 Å². The van der Waals surface area contributed by atoms with Gasteiger partial charge in [0.1, 0.15) is 0 Å². The van der Waals surface area contributed by atoms with Gasteiger partial charge in [0.05, 0.1) is 0 Å². The van der Waals surface area contributed by atoms with Crippen LogP contribution in [-0.4, -0.2) is 52.9 Å². The zero-order valence-corrected chi connectivity index (χ0v) is 13.9. The molecule has 2 rings (SSSR count). The second-order valence-corrected chi connectivity index (χ2v) is 6.42. The maximum Gasteiger partial charge on any atom is 0.226 e. The second-order valence-electron chi connectivity index (χ2n) is 6.03. The molecule has 0 amide bonds. The van der Waals surface area contributed by atoms with Crippen molar-refractivity contribution in [3.8, 4) is 0 Å². The van der Waals surface area contributed by atoms with E-state index in [0.29, 0.717) is 12.1 Å². The first-order chi connectivity index (χ1) is 9.54. The van der Waals surface area contributed by atoms with Crippen LogP contribution in [0, 0.1) is 4.77 Å². The highest BCUT2D eigenvalue weighted by molar-refractivity contribution is 7.71. The van der Waals surface area contributed by atoms with Gasteiger partial charge in [0.15, 0.2) is 4.77 Å². The molecule has 1 saturated carbocycles. The van der Waals surface area contributed by atoms with Gasteiger partial charge >= 0.3 is 0 Å². The van der Waals surface area contributed by atoms with E-state index in [1.807, 2.05) is 0 Å². The average Bonchev–Trinajstić information content (AvgIpc) is 2.99. The molecule has 1 aliphatic carbocycles. The van der Waals surface area contributed by atoms with Crippen LogP contribution in [0.4, 0.5) is 5.95 Å². The van der Waals surface area contributed by atoms with Gasteiger partial charge in [0.2, 0.25) is 5.95 Å². The monoisotopic (exact) mass is 297 g/mol. The topological polar surface area (TPSA) is 40.1 Å². The van der Waals surface area contributed by atoms with Crippen LogP contribution in [0.5, 0.6) is 0 Å². The minimum atomic E-state index is 0.417. The first-order valence-electron chi connectivity index (χ1n) is 7.62. The molecule has 0 aliphatic heterocycles. The molecule has 0 bridgehead atoms. The van der Waals surface area contributed by atoms with Crippen molar-refractivity contribution < 1.29 is 0 Å². The highest BCUT2D eigenvalue weighted by Gasteiger charge is 2.25. The van der Waals surface area contributed by atoms with Crippen molar-refractivity contribution in [2.75, 3.05) is 32.1 Å². The zero-order valence-electron chi connectivity index (χ0n) is 13.1. The van der Waals surface area contributed by atoms with Crippen LogP contribution in [0.1, 0.15) is 45.6 Å². The van der Waals surface area contributed by atoms with Gasteiger partial charge in [-0.25, -0.2) is 5.10 Å². The summed E-state index contributed by atoms with van der Waals surface area (Å²) in [6.07, 6.45) is 5.05. The lowest BCUT2D eigenvalue weighted by molar-refractivity contribution is 0.368. The molecule has 114 valence electrons. The number of nitrogens with one attached hydrogen (secondary N) is 1. The first kappa shape index (κ1) is 15.5. The Bertz CT molecular complexity index is 472. The molecule has 1 heterocycles. The second kappa shape index (κ2) is 6.72. The van der Waals surface area contributed by atoms with E-state index in [4.69, 9.17) is 12.2 Å². The number of aromatic nitrogens is 3. The Hall–Kier alpha value is -0.880. The van der Waals surface area contributed by atoms with E-state index in [0.717, 1.165) is 23.8 Å². The third-order valence-corrected chi connectivity index (χ3v) is 4.42. The molecule has 1 atom stereocenters. The molecule has 0 aromatic carbocycles. The van der Waals surface area contributed by atoms with Crippen molar-refractivity contribution >= 4 is 18.2 Å². The summed E-state index contributed by atoms with van der Waals surface area (Å²) >= 11 is 5.46. The van der Waals surface area contributed by atoms with Gasteiger partial charge in [0, 0.05) is 25.2 Å². The van der Waals surface area contributed by atoms with Gasteiger partial charge in [-0.2, -0.15) is 0 Å². The lowest BCUT2D eigenvalue weighted by atomic mass is 10.2. The van der Waals surface area contributed by atoms with Crippen molar-refractivity contribution in [1.82, 2.24) is 19.7 Å². The fraction of sp³-hybridized carbons (Fsp3) is 0.857. The van der Waals surface area contributed by atoms with Crippen LogP contribution in [-0.2, 0) is 0 Å². The van der Waals surface area contributed by atoms with Crippen LogP contribution in [0.15, 0.2) is 0 Å². The van der Waals surface area contributed by atoms with Gasteiger partial charge in [-0.3, -0.25) is 4.57 Å². The third-order valence-electron chi connectivity index (χ3n) is 4.13. The van der Waals surface area contributed by atoms with Crippen LogP contribution in [0.25, 0.3) is 0 Å². The SMILES string of the molecule is CCN(c1n[nH]c(=S)n1C1CCCC1)C(C)CN(C)C. The normalized spacial score (nSPS) is 17.9. The number of nitrogens with zero attached hydrogens (tertiary/aromatic N) is 4. The van der Waals surface area contributed by atoms with Crippen molar-refractivity contribution in [2.45, 2.75) is 51.6 Å². The Morgan fingerprint density at radius 3 is 2.60 bits per heavy atom. The van der Waals surface area contributed by atoms with E-state index >= 15 is 0 Å². The maximum absolute atomic E-state index is 5.46. The van der Waals surface area contributed by atoms with E-state index in [2.05, 4.69) is 52.5 Å². The summed E-state index contributed by atoms with van der Waals surface area (Å²) in [5.74, 6) is 1.01. The summed E-state index contributed by atoms with van der Waals surface area (Å²) in [6, 6.07) is 0.942. The van der Waals surface area contributed by atoms with E-state index < -0.39 is 0 Å². The Morgan fingerprint density at radius 1 is 1.40 bits per heavy atom. The molecule has 0 radical (unpaired) electrons. The number of anilines is 1. The Morgan fingerprint density at radius 2 is 2.05 bits per heavy atom. The van der Waals surface area contributed by atoms with E-state index in [9.17, 15) is 0 Å². The summed E-state index contributed by atoms with van der Waals surface area (Å²) in [4.78, 5) is 4.57. The Labute approximate surface area is 127 Å². The number of H-pyrrole nitrogens is 1. The quantitative estimate of drug-likeness (QED) is 0.820. The number of likely N-dealkylation sites (N-methyl/N-ethyl adjacent to an activating group) is 2. The summed E-state index contributed by atoms with van der Waals surface area (Å²) in [7, 11) is 4.22. The molecule has 1 aromatic rings. The van der Waals surface area contributed by atoms with Crippen molar-refractivity contribution in [1.29, 1.82) is 0 Å². The molecule has 0 saturated heterocycles. The number of hydrogen-bond donors (Lipinski definition) is 1. The summed E-state index contributed by atoms with van der Waals surface area (Å²) in [5, 5.41) is 7.51. The molecule has 5 nitrogen and oxygen atoms in total. The molecule has 6 heteroatoms. The predicted molar refractivity (Wildman–Crippen MR) is 86.0 cm³/mol. The fourth-order valence-electron chi connectivity index (χ4n) is 3.27. The number of aromatic amines is 1. The van der Waals surface area contributed by atoms with Gasteiger partial charge in [-0.15, -0.1) is 5.10 Å². The lowest BCUT2D eigenvalue weighted by Gasteiger charge is -2.31. The molecule has 1 unspecified atom stereocenters. The van der Waals surface area contributed by atoms with Gasteiger partial charge in [-0.05, 0) is 53.0 Å². The standard InChI is InChI=1S/C14H27N5S/c1-5-18(11(2)10-17(3)4)13-15-16-14(20)19(13)12-8-6-7-9-12/h11-12H,5-10H2,1-4H3,(H,16,20). The molecule has 20 heavy (non-hydrogen) atoms. The van der Waals surface area contributed by atoms with Crippen LogP contribution < -0.4 is 4.90 Å². The minimum absolute atomic E-state index is 0.417. The van der Waals surface area contributed by atoms with Crippen molar-refractivity contribution in [2.24, 2.45) is 0 Å². The Balaban J connectivity index is 2.27. The first-order valence-corrected chi connectivity index (χ1v) is 8.03. The largest absolute Gasteiger partial charge is 0.337 e. The van der Waals surface area contributed by atoms with Crippen LogP contribution in [0.2, 0.25) is 0 Å². The highest BCUT2D eigenvalue weighted by atomic mass is 32.1. The number of hydrogen-bond acceptors (Lipinski definition) is 4. The molecular weight excluding hydrogens is 270 g/mol. The minimum Gasteiger partial charge on any atom is -0.337 e. The molecule has 1 aromatic heterocycles. The highest BCUT2D eigenvalue weighted by Crippen LogP contribution is 2.33. The Kier molecular flexibility index (Phi) is 5.21. The van der Waals surface area contributed by atoms with Gasteiger partial charge < -0.3 is 9.80 Å². The van der Waals surface area contributed by atoms with Crippen LogP contribution >= 0.6 is 12.2 Å². The third kappa shape index (κ3) is 3.23. The average molecular weight is 297 g/mol. The molecule has 0 spiro atoms. The summed E-state index contributed by atoms with van der Waals surface area (Å²) in [5.41, 5.74) is 0. The fourth-order valence-corrected chi connectivity index (χ4v) is 3.54.